The number of benzene rings is 1. The number of pyridine rings is 1. The third-order valence-electron chi connectivity index (χ3n) is 3.53. The molecule has 1 aromatic heterocycles. The highest BCUT2D eigenvalue weighted by molar-refractivity contribution is 6.30. The molecule has 1 atom stereocenters. The Kier molecular flexibility index (Phi) is 4.54. The Labute approximate surface area is 142 Å². The standard InChI is InChI=1S/C16H13ClN4O3/c17-11-1-3-12(4-2-11)21-14(22)9-13(16(21)24)19-20-15(23)10-5-7-18-8-6-10/h1-8,13,19H,9H2,(H,20,23). The number of amides is 3. The SMILES string of the molecule is O=C(NNC1CC(=O)N(c2ccc(Cl)cc2)C1=O)c1ccncc1. The summed E-state index contributed by atoms with van der Waals surface area (Å²) in [5, 5.41) is 0.511. The first-order chi connectivity index (χ1) is 11.6. The van der Waals surface area contributed by atoms with Crippen LogP contribution in [0.15, 0.2) is 48.8 Å². The third-order valence-corrected chi connectivity index (χ3v) is 3.79. The first kappa shape index (κ1) is 16.1. The quantitative estimate of drug-likeness (QED) is 0.644. The molecule has 24 heavy (non-hydrogen) atoms. The molecule has 1 aromatic carbocycles. The second-order valence-electron chi connectivity index (χ2n) is 5.13. The number of rotatable bonds is 4. The molecule has 122 valence electrons. The summed E-state index contributed by atoms with van der Waals surface area (Å²) in [5.41, 5.74) is 5.88. The van der Waals surface area contributed by atoms with Crippen molar-refractivity contribution >= 4 is 35.0 Å². The molecular formula is C16H13ClN4O3. The molecule has 1 saturated heterocycles. The van der Waals surface area contributed by atoms with Crippen LogP contribution in [0, 0.1) is 0 Å². The predicted molar refractivity (Wildman–Crippen MR) is 87.2 cm³/mol. The number of imide groups is 1. The van der Waals surface area contributed by atoms with Crippen LogP contribution < -0.4 is 15.8 Å². The van der Waals surface area contributed by atoms with E-state index in [1.54, 1.807) is 36.4 Å². The molecule has 0 radical (unpaired) electrons. The number of carbonyl (C=O) groups is 3. The lowest BCUT2D eigenvalue weighted by atomic mass is 10.2. The Bertz CT molecular complexity index is 780. The minimum atomic E-state index is -0.820. The Morgan fingerprint density at radius 1 is 1.12 bits per heavy atom. The van der Waals surface area contributed by atoms with E-state index >= 15 is 0 Å². The van der Waals surface area contributed by atoms with Gasteiger partial charge in [-0.3, -0.25) is 24.8 Å². The molecule has 0 saturated carbocycles. The number of hydrazine groups is 1. The fourth-order valence-electron chi connectivity index (χ4n) is 2.33. The van der Waals surface area contributed by atoms with E-state index in [-0.39, 0.29) is 12.3 Å². The average molecular weight is 345 g/mol. The molecule has 8 heteroatoms. The lowest BCUT2D eigenvalue weighted by Crippen LogP contribution is -2.48. The molecule has 2 heterocycles. The van der Waals surface area contributed by atoms with Crippen LogP contribution in [0.5, 0.6) is 0 Å². The molecule has 7 nitrogen and oxygen atoms in total. The van der Waals surface area contributed by atoms with E-state index in [1.165, 1.54) is 12.4 Å². The van der Waals surface area contributed by atoms with E-state index in [4.69, 9.17) is 11.6 Å². The van der Waals surface area contributed by atoms with Crippen molar-refractivity contribution in [2.24, 2.45) is 0 Å². The maximum atomic E-state index is 12.4. The van der Waals surface area contributed by atoms with Gasteiger partial charge in [-0.2, -0.15) is 0 Å². The van der Waals surface area contributed by atoms with Gasteiger partial charge in [-0.15, -0.1) is 0 Å². The van der Waals surface area contributed by atoms with E-state index in [1.807, 2.05) is 0 Å². The van der Waals surface area contributed by atoms with E-state index < -0.39 is 17.9 Å². The molecular weight excluding hydrogens is 332 g/mol. The van der Waals surface area contributed by atoms with E-state index in [2.05, 4.69) is 15.8 Å². The van der Waals surface area contributed by atoms with Crippen molar-refractivity contribution in [2.45, 2.75) is 12.5 Å². The van der Waals surface area contributed by atoms with Crippen molar-refractivity contribution in [3.63, 3.8) is 0 Å². The zero-order chi connectivity index (χ0) is 17.1. The van der Waals surface area contributed by atoms with Gasteiger partial charge in [0.1, 0.15) is 6.04 Å². The number of nitrogens with zero attached hydrogens (tertiary/aromatic N) is 2. The van der Waals surface area contributed by atoms with E-state index in [0.717, 1.165) is 4.90 Å². The van der Waals surface area contributed by atoms with Crippen molar-refractivity contribution < 1.29 is 14.4 Å². The summed E-state index contributed by atoms with van der Waals surface area (Å²) in [6.45, 7) is 0. The van der Waals surface area contributed by atoms with Gasteiger partial charge in [0.25, 0.3) is 11.8 Å². The summed E-state index contributed by atoms with van der Waals surface area (Å²) >= 11 is 5.81. The Balaban J connectivity index is 1.66. The predicted octanol–water partition coefficient (Wildman–Crippen LogP) is 1.30. The van der Waals surface area contributed by atoms with Gasteiger partial charge in [-0.25, -0.2) is 10.3 Å². The number of carbonyl (C=O) groups excluding carboxylic acids is 3. The number of halogens is 1. The minimum absolute atomic E-state index is 0.0436. The largest absolute Gasteiger partial charge is 0.287 e. The number of nitrogens with one attached hydrogen (secondary N) is 2. The third kappa shape index (κ3) is 3.27. The molecule has 2 N–H and O–H groups in total. The van der Waals surface area contributed by atoms with E-state index in [0.29, 0.717) is 16.3 Å². The van der Waals surface area contributed by atoms with Gasteiger partial charge in [-0.05, 0) is 36.4 Å². The van der Waals surface area contributed by atoms with Gasteiger partial charge in [0, 0.05) is 23.0 Å². The lowest BCUT2D eigenvalue weighted by Gasteiger charge is -2.16. The fourth-order valence-corrected chi connectivity index (χ4v) is 2.46. The number of hydrogen-bond donors (Lipinski definition) is 2. The highest BCUT2D eigenvalue weighted by Crippen LogP contribution is 2.24. The second-order valence-corrected chi connectivity index (χ2v) is 5.57. The number of aromatic nitrogens is 1. The van der Waals surface area contributed by atoms with Gasteiger partial charge in [0.05, 0.1) is 12.1 Å². The number of anilines is 1. The zero-order valence-corrected chi connectivity index (χ0v) is 13.2. The van der Waals surface area contributed by atoms with Gasteiger partial charge in [0.2, 0.25) is 5.91 Å². The molecule has 0 bridgehead atoms. The summed E-state index contributed by atoms with van der Waals surface area (Å²) in [4.78, 5) is 41.4. The van der Waals surface area contributed by atoms with Gasteiger partial charge in [0.15, 0.2) is 0 Å². The van der Waals surface area contributed by atoms with Crippen LogP contribution in [0.3, 0.4) is 0 Å². The molecule has 0 aliphatic carbocycles. The van der Waals surface area contributed by atoms with Crippen LogP contribution in [-0.4, -0.2) is 28.7 Å². The maximum absolute atomic E-state index is 12.4. The zero-order valence-electron chi connectivity index (χ0n) is 12.4. The van der Waals surface area contributed by atoms with Gasteiger partial charge in [-0.1, -0.05) is 11.6 Å². The first-order valence-electron chi connectivity index (χ1n) is 7.14. The molecule has 3 amide bonds. The summed E-state index contributed by atoms with van der Waals surface area (Å²) < 4.78 is 0. The van der Waals surface area contributed by atoms with E-state index in [9.17, 15) is 14.4 Å². The Morgan fingerprint density at radius 3 is 2.46 bits per heavy atom. The lowest BCUT2D eigenvalue weighted by molar-refractivity contribution is -0.121. The average Bonchev–Trinajstić information content (AvgIpc) is 2.88. The maximum Gasteiger partial charge on any atom is 0.265 e. The molecule has 1 aliphatic rings. The molecule has 1 aliphatic heterocycles. The smallest absolute Gasteiger partial charge is 0.265 e. The fraction of sp³-hybridized carbons (Fsp3) is 0.125. The van der Waals surface area contributed by atoms with Crippen LogP contribution in [0.25, 0.3) is 0 Å². The summed E-state index contributed by atoms with van der Waals surface area (Å²) in [5.74, 6) is -1.20. The van der Waals surface area contributed by atoms with Crippen LogP contribution in [0.1, 0.15) is 16.8 Å². The van der Waals surface area contributed by atoms with Crippen LogP contribution in [0.4, 0.5) is 5.69 Å². The van der Waals surface area contributed by atoms with Crippen LogP contribution in [-0.2, 0) is 9.59 Å². The summed E-state index contributed by atoms with van der Waals surface area (Å²) in [6.07, 6.45) is 2.93. The summed E-state index contributed by atoms with van der Waals surface area (Å²) in [6, 6.07) is 8.65. The Morgan fingerprint density at radius 2 is 1.79 bits per heavy atom. The second kappa shape index (κ2) is 6.77. The van der Waals surface area contributed by atoms with Gasteiger partial charge >= 0.3 is 0 Å². The minimum Gasteiger partial charge on any atom is -0.287 e. The van der Waals surface area contributed by atoms with Gasteiger partial charge < -0.3 is 0 Å². The van der Waals surface area contributed by atoms with Crippen molar-refractivity contribution in [2.75, 3.05) is 4.90 Å². The number of hydrogen-bond acceptors (Lipinski definition) is 5. The highest BCUT2D eigenvalue weighted by Gasteiger charge is 2.39. The molecule has 0 spiro atoms. The van der Waals surface area contributed by atoms with Crippen LogP contribution in [0.2, 0.25) is 5.02 Å². The monoisotopic (exact) mass is 344 g/mol. The molecule has 1 unspecified atom stereocenters. The van der Waals surface area contributed by atoms with Crippen molar-refractivity contribution in [3.8, 4) is 0 Å². The molecule has 3 rings (SSSR count). The molecule has 1 fully saturated rings. The van der Waals surface area contributed by atoms with Crippen molar-refractivity contribution in [1.82, 2.24) is 15.8 Å². The normalized spacial score (nSPS) is 17.2. The Hall–Kier alpha value is -2.77. The summed E-state index contributed by atoms with van der Waals surface area (Å²) in [7, 11) is 0. The highest BCUT2D eigenvalue weighted by atomic mass is 35.5. The first-order valence-corrected chi connectivity index (χ1v) is 7.52. The molecule has 2 aromatic rings. The van der Waals surface area contributed by atoms with Crippen molar-refractivity contribution in [1.29, 1.82) is 0 Å². The topological polar surface area (TPSA) is 91.4 Å². The van der Waals surface area contributed by atoms with Crippen LogP contribution >= 0.6 is 11.6 Å². The van der Waals surface area contributed by atoms with Crippen molar-refractivity contribution in [3.05, 3.63) is 59.4 Å².